The molecule has 0 saturated carbocycles. The smallest absolute Gasteiger partial charge is 0.225 e. The minimum atomic E-state index is 0.0101. The highest BCUT2D eigenvalue weighted by molar-refractivity contribution is 5.90. The molecule has 0 atom stereocenters. The lowest BCUT2D eigenvalue weighted by Crippen LogP contribution is -2.38. The highest BCUT2D eigenvalue weighted by Crippen LogP contribution is 2.23. The molecule has 0 spiro atoms. The lowest BCUT2D eigenvalue weighted by atomic mass is 9.98. The first-order chi connectivity index (χ1) is 9.51. The van der Waals surface area contributed by atoms with Crippen LogP contribution in [0.3, 0.4) is 0 Å². The van der Waals surface area contributed by atoms with Gasteiger partial charge in [0.25, 0.3) is 0 Å². The molecule has 2 rings (SSSR count). The Morgan fingerprint density at radius 2 is 2.05 bits per heavy atom. The van der Waals surface area contributed by atoms with Crippen molar-refractivity contribution in [3.63, 3.8) is 0 Å². The number of carbonyl (C=O) groups excluding carboxylic acids is 2. The number of rotatable bonds is 3. The van der Waals surface area contributed by atoms with Crippen molar-refractivity contribution < 1.29 is 9.59 Å². The lowest BCUT2D eigenvalue weighted by molar-refractivity contribution is -0.135. The quantitative estimate of drug-likeness (QED) is 0.921. The van der Waals surface area contributed by atoms with Crippen molar-refractivity contribution in [2.24, 2.45) is 5.92 Å². The van der Waals surface area contributed by atoms with E-state index < -0.39 is 0 Å². The van der Waals surface area contributed by atoms with E-state index in [1.54, 1.807) is 0 Å². The first-order valence-electron chi connectivity index (χ1n) is 7.21. The Morgan fingerprint density at radius 1 is 1.30 bits per heavy atom. The summed E-state index contributed by atoms with van der Waals surface area (Å²) in [6.07, 6.45) is 1.35. The van der Waals surface area contributed by atoms with Crippen LogP contribution in [-0.4, -0.2) is 23.3 Å². The molecule has 4 heteroatoms. The van der Waals surface area contributed by atoms with E-state index >= 15 is 0 Å². The van der Waals surface area contributed by atoms with Gasteiger partial charge >= 0.3 is 0 Å². The van der Waals surface area contributed by atoms with Crippen molar-refractivity contribution >= 4 is 17.5 Å². The van der Waals surface area contributed by atoms with Crippen LogP contribution >= 0.6 is 0 Å². The minimum Gasteiger partial charge on any atom is -0.338 e. The summed E-state index contributed by atoms with van der Waals surface area (Å²) in [5.74, 6) is 0.231. The minimum absolute atomic E-state index is 0.0101. The number of amides is 2. The topological polar surface area (TPSA) is 49.4 Å². The van der Waals surface area contributed by atoms with Gasteiger partial charge < -0.3 is 10.2 Å². The fourth-order valence-corrected chi connectivity index (χ4v) is 2.44. The first kappa shape index (κ1) is 14.6. The molecular formula is C16H22N2O2. The molecular weight excluding hydrogens is 252 g/mol. The van der Waals surface area contributed by atoms with Gasteiger partial charge in [-0.3, -0.25) is 9.59 Å². The zero-order valence-corrected chi connectivity index (χ0v) is 12.4. The number of hydrogen-bond acceptors (Lipinski definition) is 2. The molecule has 0 bridgehead atoms. The third-order valence-electron chi connectivity index (χ3n) is 3.63. The van der Waals surface area contributed by atoms with Gasteiger partial charge in [0.05, 0.1) is 0 Å². The second kappa shape index (κ2) is 6.07. The van der Waals surface area contributed by atoms with Gasteiger partial charge in [0.1, 0.15) is 0 Å². The second-order valence-corrected chi connectivity index (χ2v) is 5.55. The monoisotopic (exact) mass is 274 g/mol. The van der Waals surface area contributed by atoms with Gasteiger partial charge in [-0.15, -0.1) is 0 Å². The number of fused-ring (bicyclic) bond motifs is 1. The zero-order valence-electron chi connectivity index (χ0n) is 12.4. The highest BCUT2D eigenvalue weighted by atomic mass is 16.2. The molecule has 1 heterocycles. The molecule has 0 saturated heterocycles. The molecule has 4 nitrogen and oxygen atoms in total. The van der Waals surface area contributed by atoms with E-state index in [0.29, 0.717) is 13.0 Å². The van der Waals surface area contributed by atoms with Crippen molar-refractivity contribution in [3.05, 3.63) is 29.3 Å². The fraction of sp³-hybridized carbons (Fsp3) is 0.500. The largest absolute Gasteiger partial charge is 0.338 e. The molecule has 0 aromatic heterocycles. The van der Waals surface area contributed by atoms with Crippen LogP contribution in [0.4, 0.5) is 5.69 Å². The van der Waals surface area contributed by atoms with Crippen LogP contribution < -0.4 is 5.32 Å². The Labute approximate surface area is 120 Å². The van der Waals surface area contributed by atoms with Crippen LogP contribution in [0, 0.1) is 5.92 Å². The molecule has 1 aliphatic rings. The summed E-state index contributed by atoms with van der Waals surface area (Å²) in [4.78, 5) is 25.4. The van der Waals surface area contributed by atoms with E-state index in [1.165, 1.54) is 5.56 Å². The van der Waals surface area contributed by atoms with Gasteiger partial charge in [-0.1, -0.05) is 26.8 Å². The van der Waals surface area contributed by atoms with Gasteiger partial charge in [-0.05, 0) is 29.7 Å². The summed E-state index contributed by atoms with van der Waals surface area (Å²) in [5, 5.41) is 2.87. The van der Waals surface area contributed by atoms with Gasteiger partial charge in [0.2, 0.25) is 11.8 Å². The molecule has 20 heavy (non-hydrogen) atoms. The molecule has 0 radical (unpaired) electrons. The normalized spacial score (nSPS) is 14.1. The van der Waals surface area contributed by atoms with E-state index in [1.807, 2.05) is 37.8 Å². The van der Waals surface area contributed by atoms with Gasteiger partial charge in [0.15, 0.2) is 0 Å². The third-order valence-corrected chi connectivity index (χ3v) is 3.63. The summed E-state index contributed by atoms with van der Waals surface area (Å²) < 4.78 is 0. The van der Waals surface area contributed by atoms with Gasteiger partial charge in [-0.25, -0.2) is 0 Å². The van der Waals surface area contributed by atoms with Crippen molar-refractivity contribution in [3.8, 4) is 0 Å². The van der Waals surface area contributed by atoms with E-state index in [-0.39, 0.29) is 17.7 Å². The number of carbonyl (C=O) groups is 2. The van der Waals surface area contributed by atoms with Crippen molar-refractivity contribution in [1.29, 1.82) is 0 Å². The molecule has 2 amide bonds. The molecule has 0 unspecified atom stereocenters. The van der Waals surface area contributed by atoms with Crippen molar-refractivity contribution in [2.75, 3.05) is 11.9 Å². The Kier molecular flexibility index (Phi) is 4.42. The first-order valence-corrected chi connectivity index (χ1v) is 7.21. The molecule has 0 fully saturated rings. The van der Waals surface area contributed by atoms with Crippen molar-refractivity contribution in [1.82, 2.24) is 4.90 Å². The molecule has 1 N–H and O–H groups in total. The lowest BCUT2D eigenvalue weighted by Gasteiger charge is -2.30. The van der Waals surface area contributed by atoms with E-state index in [4.69, 9.17) is 0 Å². The number of nitrogens with zero attached hydrogens (tertiary/aromatic N) is 1. The zero-order chi connectivity index (χ0) is 14.7. The fourth-order valence-electron chi connectivity index (χ4n) is 2.44. The Hall–Kier alpha value is -1.84. The highest BCUT2D eigenvalue weighted by Gasteiger charge is 2.22. The second-order valence-electron chi connectivity index (χ2n) is 5.55. The number of nitrogens with one attached hydrogen (secondary N) is 1. The summed E-state index contributed by atoms with van der Waals surface area (Å²) in [6, 6.07) is 5.98. The van der Waals surface area contributed by atoms with Crippen LogP contribution in [0.5, 0.6) is 0 Å². The van der Waals surface area contributed by atoms with Crippen LogP contribution in [0.15, 0.2) is 18.2 Å². The van der Waals surface area contributed by atoms with Crippen molar-refractivity contribution in [2.45, 2.75) is 40.2 Å². The summed E-state index contributed by atoms with van der Waals surface area (Å²) >= 11 is 0. The molecule has 108 valence electrons. The van der Waals surface area contributed by atoms with E-state index in [9.17, 15) is 9.59 Å². The summed E-state index contributed by atoms with van der Waals surface area (Å²) in [6.45, 7) is 7.11. The third kappa shape index (κ3) is 3.18. The Balaban J connectivity index is 2.15. The van der Waals surface area contributed by atoms with Gasteiger partial charge in [0, 0.05) is 31.1 Å². The molecule has 1 aliphatic heterocycles. The SMILES string of the molecule is CCC(=O)Nc1ccc2c(c1)CN(C(=O)C(C)C)CC2. The number of anilines is 1. The van der Waals surface area contributed by atoms with Crippen LogP contribution in [0.1, 0.15) is 38.3 Å². The number of hydrogen-bond donors (Lipinski definition) is 1. The predicted molar refractivity (Wildman–Crippen MR) is 79.3 cm³/mol. The predicted octanol–water partition coefficient (Wildman–Crippen LogP) is 2.58. The maximum Gasteiger partial charge on any atom is 0.225 e. The average Bonchev–Trinajstić information content (AvgIpc) is 2.45. The van der Waals surface area contributed by atoms with E-state index in [0.717, 1.165) is 24.2 Å². The standard InChI is InChI=1S/C16H22N2O2/c1-4-15(19)17-14-6-5-12-7-8-18(10-13(12)9-14)16(20)11(2)3/h5-6,9,11H,4,7-8,10H2,1-3H3,(H,17,19). The molecule has 1 aromatic rings. The Bertz CT molecular complexity index is 523. The Morgan fingerprint density at radius 3 is 2.70 bits per heavy atom. The van der Waals surface area contributed by atoms with Crippen LogP contribution in [0.2, 0.25) is 0 Å². The molecule has 0 aliphatic carbocycles. The summed E-state index contributed by atoms with van der Waals surface area (Å²) in [7, 11) is 0. The van der Waals surface area contributed by atoms with Crippen LogP contribution in [-0.2, 0) is 22.6 Å². The average molecular weight is 274 g/mol. The maximum atomic E-state index is 12.1. The summed E-state index contributed by atoms with van der Waals surface area (Å²) in [5.41, 5.74) is 3.22. The van der Waals surface area contributed by atoms with E-state index in [2.05, 4.69) is 11.4 Å². The number of benzene rings is 1. The van der Waals surface area contributed by atoms with Gasteiger partial charge in [-0.2, -0.15) is 0 Å². The van der Waals surface area contributed by atoms with Crippen LogP contribution in [0.25, 0.3) is 0 Å². The molecule has 1 aromatic carbocycles. The maximum absolute atomic E-state index is 12.1.